The van der Waals surface area contributed by atoms with Crippen LogP contribution in [-0.4, -0.2) is 42.4 Å². The van der Waals surface area contributed by atoms with Crippen LogP contribution in [-0.2, 0) is 4.74 Å². The van der Waals surface area contributed by atoms with Crippen molar-refractivity contribution in [1.29, 1.82) is 5.26 Å². The fraction of sp³-hybridized carbons (Fsp3) is 0.115. The number of aromatic nitrogens is 1. The Labute approximate surface area is 205 Å². The van der Waals surface area contributed by atoms with Gasteiger partial charge < -0.3 is 19.7 Å². The molecule has 36 heavy (non-hydrogen) atoms. The zero-order valence-corrected chi connectivity index (χ0v) is 19.5. The first-order chi connectivity index (χ1) is 17.2. The fourth-order valence-electron chi connectivity index (χ4n) is 3.70. The van der Waals surface area contributed by atoms with Gasteiger partial charge in [0.25, 0.3) is 5.91 Å². The molecule has 0 atom stereocenters. The highest BCUT2D eigenvalue weighted by atomic mass is 16.5. The van der Waals surface area contributed by atoms with Crippen LogP contribution in [0.4, 0.5) is 16.2 Å². The summed E-state index contributed by atoms with van der Waals surface area (Å²) in [6, 6.07) is 16.6. The molecule has 10 nitrogen and oxygen atoms in total. The van der Waals surface area contributed by atoms with Gasteiger partial charge in [0.15, 0.2) is 11.3 Å². The summed E-state index contributed by atoms with van der Waals surface area (Å²) in [4.78, 5) is 38.3. The summed E-state index contributed by atoms with van der Waals surface area (Å²) in [5.74, 6) is -2.01. The number of carbonyl (C=O) groups is 3. The fourth-order valence-corrected chi connectivity index (χ4v) is 3.70. The number of nitrogens with one attached hydrogen (secondary N) is 1. The van der Waals surface area contributed by atoms with E-state index in [4.69, 9.17) is 14.5 Å². The van der Waals surface area contributed by atoms with E-state index < -0.39 is 18.0 Å². The molecule has 0 spiro atoms. The Hall–Kier alpha value is -5.17. The van der Waals surface area contributed by atoms with Crippen molar-refractivity contribution in [2.45, 2.75) is 6.92 Å². The first-order valence-electron chi connectivity index (χ1n) is 10.6. The second kappa shape index (κ2) is 9.60. The molecule has 0 radical (unpaired) electrons. The number of hydrogen-bond acceptors (Lipinski definition) is 7. The van der Waals surface area contributed by atoms with Crippen molar-refractivity contribution in [1.82, 2.24) is 5.16 Å². The molecule has 0 aliphatic carbocycles. The molecule has 1 aromatic heterocycles. The van der Waals surface area contributed by atoms with Gasteiger partial charge in [-0.05, 0) is 36.8 Å². The number of carboxylic acids is 1. The summed E-state index contributed by atoms with van der Waals surface area (Å²) in [5, 5.41) is 25.3. The Kier molecular flexibility index (Phi) is 6.39. The number of aryl methyl sites for hydroxylation is 1. The van der Waals surface area contributed by atoms with Crippen molar-refractivity contribution in [2.75, 3.05) is 24.4 Å². The molecule has 0 aliphatic rings. The van der Waals surface area contributed by atoms with E-state index in [1.807, 2.05) is 37.3 Å². The van der Waals surface area contributed by atoms with Gasteiger partial charge in [-0.3, -0.25) is 9.69 Å². The van der Waals surface area contributed by atoms with Crippen LogP contribution in [0.2, 0.25) is 0 Å². The van der Waals surface area contributed by atoms with Gasteiger partial charge in [-0.25, -0.2) is 9.59 Å². The van der Waals surface area contributed by atoms with Crippen molar-refractivity contribution >= 4 is 40.3 Å². The van der Waals surface area contributed by atoms with Crippen molar-refractivity contribution in [3.8, 4) is 17.2 Å². The lowest BCUT2D eigenvalue weighted by Gasteiger charge is -2.19. The molecular formula is C26H20N4O6. The van der Waals surface area contributed by atoms with E-state index in [0.717, 1.165) is 11.1 Å². The van der Waals surface area contributed by atoms with E-state index in [-0.39, 0.29) is 28.1 Å². The number of ether oxygens (including phenoxy) is 1. The Morgan fingerprint density at radius 2 is 1.83 bits per heavy atom. The number of aromatic carboxylic acids is 1. The highest BCUT2D eigenvalue weighted by molar-refractivity contribution is 6.14. The predicted octanol–water partition coefficient (Wildman–Crippen LogP) is 4.83. The van der Waals surface area contributed by atoms with Crippen LogP contribution in [0.5, 0.6) is 0 Å². The molecule has 0 bridgehead atoms. The molecule has 0 aliphatic heterocycles. The minimum absolute atomic E-state index is 0.00320. The second-order valence-electron chi connectivity index (χ2n) is 7.92. The summed E-state index contributed by atoms with van der Waals surface area (Å²) in [7, 11) is 2.82. The largest absolute Gasteiger partial charge is 0.478 e. The van der Waals surface area contributed by atoms with Crippen molar-refractivity contribution in [3.63, 3.8) is 0 Å². The van der Waals surface area contributed by atoms with Crippen LogP contribution < -0.4 is 10.2 Å². The van der Waals surface area contributed by atoms with Gasteiger partial charge in [-0.1, -0.05) is 35.0 Å². The lowest BCUT2D eigenvalue weighted by molar-refractivity contribution is 0.0698. The quantitative estimate of drug-likeness (QED) is 0.410. The van der Waals surface area contributed by atoms with Crippen molar-refractivity contribution in [3.05, 3.63) is 77.0 Å². The minimum atomic E-state index is -1.30. The normalized spacial score (nSPS) is 10.5. The zero-order chi connectivity index (χ0) is 26.0. The third-order valence-electron chi connectivity index (χ3n) is 5.60. The summed E-state index contributed by atoms with van der Waals surface area (Å²) in [5.41, 5.74) is 2.99. The number of amides is 2. The van der Waals surface area contributed by atoms with Crippen molar-refractivity contribution < 1.29 is 28.8 Å². The third-order valence-corrected chi connectivity index (χ3v) is 5.60. The van der Waals surface area contributed by atoms with Gasteiger partial charge >= 0.3 is 12.1 Å². The number of anilines is 2. The van der Waals surface area contributed by atoms with E-state index in [2.05, 4.69) is 10.5 Å². The highest BCUT2D eigenvalue weighted by Gasteiger charge is 2.24. The first-order valence-corrected chi connectivity index (χ1v) is 10.6. The third kappa shape index (κ3) is 4.45. The molecule has 180 valence electrons. The zero-order valence-electron chi connectivity index (χ0n) is 19.5. The number of carboxylic acid groups (broad SMARTS) is 1. The van der Waals surface area contributed by atoms with Gasteiger partial charge in [0, 0.05) is 18.7 Å². The molecule has 0 saturated heterocycles. The van der Waals surface area contributed by atoms with Crippen LogP contribution in [0.15, 0.2) is 59.1 Å². The van der Waals surface area contributed by atoms with E-state index in [1.165, 1.54) is 30.2 Å². The summed E-state index contributed by atoms with van der Waals surface area (Å²) < 4.78 is 10.2. The number of nitrogens with zero attached hydrogens (tertiary/aromatic N) is 3. The molecule has 0 unspecified atom stereocenters. The second-order valence-corrected chi connectivity index (χ2v) is 7.92. The highest BCUT2D eigenvalue weighted by Crippen LogP contribution is 2.36. The molecule has 4 rings (SSSR count). The number of rotatable bonds is 5. The number of hydrogen-bond donors (Lipinski definition) is 2. The molecule has 2 amide bonds. The number of benzene rings is 3. The minimum Gasteiger partial charge on any atom is -0.478 e. The maximum atomic E-state index is 13.1. The summed E-state index contributed by atoms with van der Waals surface area (Å²) in [6.45, 7) is 1.95. The van der Waals surface area contributed by atoms with Gasteiger partial charge in [-0.15, -0.1) is 0 Å². The van der Waals surface area contributed by atoms with E-state index >= 15 is 0 Å². The average molecular weight is 484 g/mol. The van der Waals surface area contributed by atoms with Gasteiger partial charge in [0.05, 0.1) is 41.1 Å². The molecule has 3 aromatic carbocycles. The molecule has 1 heterocycles. The Morgan fingerprint density at radius 3 is 2.47 bits per heavy atom. The smallest absolute Gasteiger partial charge is 0.413 e. The Morgan fingerprint density at radius 1 is 1.11 bits per heavy atom. The van der Waals surface area contributed by atoms with Crippen LogP contribution in [0.1, 0.15) is 32.0 Å². The van der Waals surface area contributed by atoms with E-state index in [0.29, 0.717) is 16.6 Å². The van der Waals surface area contributed by atoms with Crippen LogP contribution in [0.3, 0.4) is 0 Å². The van der Waals surface area contributed by atoms with E-state index in [1.54, 1.807) is 19.2 Å². The Balaban J connectivity index is 1.82. The molecule has 4 aromatic rings. The summed E-state index contributed by atoms with van der Waals surface area (Å²) in [6.07, 6.45) is -0.595. The first kappa shape index (κ1) is 24.0. The lowest BCUT2D eigenvalue weighted by atomic mass is 9.99. The monoisotopic (exact) mass is 484 g/mol. The van der Waals surface area contributed by atoms with Crippen molar-refractivity contribution in [2.24, 2.45) is 0 Å². The molecule has 10 heteroatoms. The Bertz CT molecular complexity index is 1550. The standard InChI is InChI=1S/C26H20N4O6/c1-14-4-7-16(8-5-14)17-11-19-22(12-21(17)30(2)26(34)35-3)36-29-23(19)24(31)28-20-9-6-15(13-27)10-18(20)25(32)33/h4-12H,1-3H3,(H,28,31)(H,32,33). The van der Waals surface area contributed by atoms with Crippen LogP contribution in [0, 0.1) is 18.3 Å². The van der Waals surface area contributed by atoms with Gasteiger partial charge in [0.1, 0.15) is 0 Å². The number of methoxy groups -OCH3 is 1. The van der Waals surface area contributed by atoms with Crippen LogP contribution in [0.25, 0.3) is 22.1 Å². The lowest BCUT2D eigenvalue weighted by Crippen LogP contribution is -2.26. The maximum Gasteiger partial charge on any atom is 0.413 e. The molecular weight excluding hydrogens is 464 g/mol. The topological polar surface area (TPSA) is 146 Å². The summed E-state index contributed by atoms with van der Waals surface area (Å²) >= 11 is 0. The SMILES string of the molecule is COC(=O)N(C)c1cc2onc(C(=O)Nc3ccc(C#N)cc3C(=O)O)c2cc1-c1ccc(C)cc1. The number of carbonyl (C=O) groups excluding carboxylic acids is 2. The number of fused-ring (bicyclic) bond motifs is 1. The average Bonchev–Trinajstić information content (AvgIpc) is 3.30. The van der Waals surface area contributed by atoms with Gasteiger partial charge in [0.2, 0.25) is 0 Å². The molecule has 0 saturated carbocycles. The predicted molar refractivity (Wildman–Crippen MR) is 131 cm³/mol. The number of nitriles is 1. The van der Waals surface area contributed by atoms with E-state index in [9.17, 15) is 19.5 Å². The van der Waals surface area contributed by atoms with Crippen LogP contribution >= 0.6 is 0 Å². The van der Waals surface area contributed by atoms with Gasteiger partial charge in [-0.2, -0.15) is 5.26 Å². The molecule has 2 N–H and O–H groups in total. The maximum absolute atomic E-state index is 13.1. The molecule has 0 fully saturated rings.